The first-order valence-electron chi connectivity index (χ1n) is 4.18. The van der Waals surface area contributed by atoms with Crippen molar-refractivity contribution in [3.05, 3.63) is 24.2 Å². The minimum atomic E-state index is -0.628. The molecule has 0 bridgehead atoms. The van der Waals surface area contributed by atoms with E-state index >= 15 is 0 Å². The van der Waals surface area contributed by atoms with Gasteiger partial charge in [-0.25, -0.2) is 0 Å². The molecule has 0 spiro atoms. The van der Waals surface area contributed by atoms with Crippen LogP contribution in [0.5, 0.6) is 0 Å². The summed E-state index contributed by atoms with van der Waals surface area (Å²) in [7, 11) is 0. The Balaban J connectivity index is 2.41. The van der Waals surface area contributed by atoms with E-state index < -0.39 is 5.54 Å². The molecule has 74 valence electrons. The van der Waals surface area contributed by atoms with Crippen molar-refractivity contribution in [2.24, 2.45) is 0 Å². The molecule has 0 fully saturated rings. The number of aliphatic hydroxyl groups is 2. The number of furan rings is 1. The minimum absolute atomic E-state index is 0.0959. The fourth-order valence-corrected chi connectivity index (χ4v) is 0.870. The smallest absolute Gasteiger partial charge is 0.0947 e. The van der Waals surface area contributed by atoms with Crippen LogP contribution < -0.4 is 5.32 Å². The summed E-state index contributed by atoms with van der Waals surface area (Å²) in [5.74, 6) is 0. The van der Waals surface area contributed by atoms with Gasteiger partial charge in [-0.3, -0.25) is 0 Å². The summed E-state index contributed by atoms with van der Waals surface area (Å²) in [5, 5.41) is 21.0. The van der Waals surface area contributed by atoms with Gasteiger partial charge in [-0.15, -0.1) is 0 Å². The Morgan fingerprint density at radius 1 is 1.46 bits per heavy atom. The van der Waals surface area contributed by atoms with Gasteiger partial charge >= 0.3 is 0 Å². The summed E-state index contributed by atoms with van der Waals surface area (Å²) in [5.41, 5.74) is 0.366. The lowest BCUT2D eigenvalue weighted by atomic mass is 10.1. The highest BCUT2D eigenvalue weighted by Crippen LogP contribution is 2.05. The van der Waals surface area contributed by atoms with Crippen LogP contribution in [-0.2, 0) is 6.54 Å². The molecule has 0 amide bonds. The maximum Gasteiger partial charge on any atom is 0.0947 e. The molecular weight excluding hydrogens is 170 g/mol. The molecule has 0 saturated heterocycles. The zero-order valence-electron chi connectivity index (χ0n) is 7.66. The van der Waals surface area contributed by atoms with Gasteiger partial charge in [0.1, 0.15) is 0 Å². The summed E-state index contributed by atoms with van der Waals surface area (Å²) < 4.78 is 4.88. The third-order valence-corrected chi connectivity index (χ3v) is 2.00. The second-order valence-electron chi connectivity index (χ2n) is 3.36. The molecule has 0 unspecified atom stereocenters. The molecule has 4 heteroatoms. The molecule has 0 aromatic carbocycles. The maximum absolute atomic E-state index is 8.97. The first-order valence-corrected chi connectivity index (χ1v) is 4.18. The number of nitrogens with one attached hydrogen (secondary N) is 1. The van der Waals surface area contributed by atoms with Crippen molar-refractivity contribution in [2.75, 3.05) is 13.2 Å². The summed E-state index contributed by atoms with van der Waals surface area (Å²) >= 11 is 0. The van der Waals surface area contributed by atoms with Gasteiger partial charge in [-0.05, 0) is 13.0 Å². The summed E-state index contributed by atoms with van der Waals surface area (Å²) in [4.78, 5) is 0. The topological polar surface area (TPSA) is 65.6 Å². The first kappa shape index (κ1) is 10.2. The van der Waals surface area contributed by atoms with E-state index in [-0.39, 0.29) is 13.2 Å². The third kappa shape index (κ3) is 2.84. The van der Waals surface area contributed by atoms with E-state index in [1.54, 1.807) is 19.5 Å². The monoisotopic (exact) mass is 185 g/mol. The van der Waals surface area contributed by atoms with Gasteiger partial charge in [-0.2, -0.15) is 0 Å². The third-order valence-electron chi connectivity index (χ3n) is 2.00. The average molecular weight is 185 g/mol. The second-order valence-corrected chi connectivity index (χ2v) is 3.36. The standard InChI is InChI=1S/C9H15NO3/c1-9(6-11,7-12)10-4-8-2-3-13-5-8/h2-3,5,10-12H,4,6-7H2,1H3. The molecule has 1 aromatic rings. The Kier molecular flexibility index (Phi) is 3.48. The predicted octanol–water partition coefficient (Wildman–Crippen LogP) is 0.112. The van der Waals surface area contributed by atoms with E-state index in [0.717, 1.165) is 5.56 Å². The van der Waals surface area contributed by atoms with Crippen LogP contribution in [0.4, 0.5) is 0 Å². The molecule has 0 atom stereocenters. The molecule has 13 heavy (non-hydrogen) atoms. The van der Waals surface area contributed by atoms with Crippen molar-refractivity contribution >= 4 is 0 Å². The van der Waals surface area contributed by atoms with Gasteiger partial charge in [0.05, 0.1) is 31.3 Å². The molecule has 0 radical (unpaired) electrons. The first-order chi connectivity index (χ1) is 6.20. The van der Waals surface area contributed by atoms with Gasteiger partial charge in [0.15, 0.2) is 0 Å². The van der Waals surface area contributed by atoms with E-state index in [9.17, 15) is 0 Å². The van der Waals surface area contributed by atoms with Crippen molar-refractivity contribution in [3.63, 3.8) is 0 Å². The van der Waals surface area contributed by atoms with Crippen molar-refractivity contribution < 1.29 is 14.6 Å². The van der Waals surface area contributed by atoms with E-state index in [4.69, 9.17) is 14.6 Å². The van der Waals surface area contributed by atoms with Gasteiger partial charge in [0, 0.05) is 12.1 Å². The van der Waals surface area contributed by atoms with E-state index in [2.05, 4.69) is 5.32 Å². The average Bonchev–Trinajstić information content (AvgIpc) is 2.67. The minimum Gasteiger partial charge on any atom is -0.472 e. The lowest BCUT2D eigenvalue weighted by Gasteiger charge is -2.25. The zero-order chi connectivity index (χ0) is 9.73. The van der Waals surface area contributed by atoms with Crippen molar-refractivity contribution in [1.82, 2.24) is 5.32 Å². The Morgan fingerprint density at radius 3 is 2.62 bits per heavy atom. The molecule has 0 aliphatic rings. The van der Waals surface area contributed by atoms with Crippen LogP contribution in [-0.4, -0.2) is 29.0 Å². The molecule has 0 aliphatic carbocycles. The van der Waals surface area contributed by atoms with E-state index in [0.29, 0.717) is 6.54 Å². The van der Waals surface area contributed by atoms with Crippen LogP contribution in [0.1, 0.15) is 12.5 Å². The van der Waals surface area contributed by atoms with Crippen molar-refractivity contribution in [1.29, 1.82) is 0 Å². The number of rotatable bonds is 5. The van der Waals surface area contributed by atoms with Gasteiger partial charge < -0.3 is 19.9 Å². The normalized spacial score (nSPS) is 11.9. The molecule has 1 aromatic heterocycles. The molecule has 1 heterocycles. The van der Waals surface area contributed by atoms with Crippen LogP contribution in [0, 0.1) is 0 Å². The van der Waals surface area contributed by atoms with Gasteiger partial charge in [0.25, 0.3) is 0 Å². The molecule has 3 N–H and O–H groups in total. The van der Waals surface area contributed by atoms with Crippen LogP contribution in [0.25, 0.3) is 0 Å². The lowest BCUT2D eigenvalue weighted by molar-refractivity contribution is 0.103. The quantitative estimate of drug-likeness (QED) is 0.609. The number of hydrogen-bond donors (Lipinski definition) is 3. The maximum atomic E-state index is 8.97. The summed E-state index contributed by atoms with van der Waals surface area (Å²) in [6, 6.07) is 1.84. The molecule has 0 aliphatic heterocycles. The van der Waals surface area contributed by atoms with Gasteiger partial charge in [0.2, 0.25) is 0 Å². The Labute approximate surface area is 77.2 Å². The second kappa shape index (κ2) is 4.41. The largest absolute Gasteiger partial charge is 0.472 e. The SMILES string of the molecule is CC(CO)(CO)NCc1ccoc1. The predicted molar refractivity (Wildman–Crippen MR) is 48.1 cm³/mol. The van der Waals surface area contributed by atoms with Crippen LogP contribution in [0.2, 0.25) is 0 Å². The zero-order valence-corrected chi connectivity index (χ0v) is 7.66. The Morgan fingerprint density at radius 2 is 2.15 bits per heavy atom. The highest BCUT2D eigenvalue weighted by Gasteiger charge is 2.20. The molecule has 1 rings (SSSR count). The van der Waals surface area contributed by atoms with Crippen LogP contribution >= 0.6 is 0 Å². The lowest BCUT2D eigenvalue weighted by Crippen LogP contribution is -2.48. The van der Waals surface area contributed by atoms with E-state index in [1.165, 1.54) is 0 Å². The molecule has 4 nitrogen and oxygen atoms in total. The fraction of sp³-hybridized carbons (Fsp3) is 0.556. The summed E-state index contributed by atoms with van der Waals surface area (Å²) in [6.07, 6.45) is 3.22. The number of aliphatic hydroxyl groups excluding tert-OH is 2. The van der Waals surface area contributed by atoms with Crippen molar-refractivity contribution in [3.8, 4) is 0 Å². The fourth-order valence-electron chi connectivity index (χ4n) is 0.870. The molecule has 0 saturated carbocycles. The highest BCUT2D eigenvalue weighted by molar-refractivity contribution is 5.05. The van der Waals surface area contributed by atoms with Gasteiger partial charge in [-0.1, -0.05) is 0 Å². The van der Waals surface area contributed by atoms with Crippen LogP contribution in [0.3, 0.4) is 0 Å². The highest BCUT2D eigenvalue weighted by atomic mass is 16.3. The number of hydrogen-bond acceptors (Lipinski definition) is 4. The Hall–Kier alpha value is -0.840. The summed E-state index contributed by atoms with van der Waals surface area (Å²) in [6.45, 7) is 2.14. The van der Waals surface area contributed by atoms with Crippen LogP contribution in [0.15, 0.2) is 23.0 Å². The van der Waals surface area contributed by atoms with Crippen molar-refractivity contribution in [2.45, 2.75) is 19.0 Å². The Bertz CT molecular complexity index is 229. The van der Waals surface area contributed by atoms with E-state index in [1.807, 2.05) is 6.07 Å². The molecular formula is C9H15NO3.